The van der Waals surface area contributed by atoms with Gasteiger partial charge in [0, 0.05) is 11.9 Å². The van der Waals surface area contributed by atoms with Gasteiger partial charge in [-0.2, -0.15) is 0 Å². The molecule has 0 aliphatic carbocycles. The van der Waals surface area contributed by atoms with Gasteiger partial charge in [0.05, 0.1) is 12.5 Å². The summed E-state index contributed by atoms with van der Waals surface area (Å²) < 4.78 is 5.24. The highest BCUT2D eigenvalue weighted by Gasteiger charge is 2.06. The molecule has 0 unspecified atom stereocenters. The second kappa shape index (κ2) is 6.38. The Kier molecular flexibility index (Phi) is 5.12. The monoisotopic (exact) mass is 221 g/mol. The van der Waals surface area contributed by atoms with Gasteiger partial charge in [-0.1, -0.05) is 13.0 Å². The molecule has 0 spiro atoms. The molecule has 0 bridgehead atoms. The minimum Gasteiger partial charge on any atom is -0.371 e. The SMILES string of the molecule is CCc1ccc(CC(=O)COC(C)C)nc1. The van der Waals surface area contributed by atoms with Crippen LogP contribution in [0.3, 0.4) is 0 Å². The van der Waals surface area contributed by atoms with Gasteiger partial charge in [-0.15, -0.1) is 0 Å². The molecule has 0 aliphatic heterocycles. The van der Waals surface area contributed by atoms with E-state index in [1.807, 2.05) is 32.2 Å². The van der Waals surface area contributed by atoms with E-state index in [4.69, 9.17) is 4.74 Å². The van der Waals surface area contributed by atoms with Gasteiger partial charge in [0.25, 0.3) is 0 Å². The van der Waals surface area contributed by atoms with Crippen LogP contribution in [0.1, 0.15) is 32.0 Å². The van der Waals surface area contributed by atoms with E-state index in [0.717, 1.165) is 12.1 Å². The molecule has 1 rings (SSSR count). The maximum Gasteiger partial charge on any atom is 0.164 e. The van der Waals surface area contributed by atoms with Gasteiger partial charge in [-0.3, -0.25) is 9.78 Å². The van der Waals surface area contributed by atoms with E-state index in [1.165, 1.54) is 5.56 Å². The molecule has 0 atom stereocenters. The zero-order valence-corrected chi connectivity index (χ0v) is 10.2. The van der Waals surface area contributed by atoms with Crippen molar-refractivity contribution in [3.8, 4) is 0 Å². The number of ketones is 1. The van der Waals surface area contributed by atoms with Crippen LogP contribution in [0.15, 0.2) is 18.3 Å². The van der Waals surface area contributed by atoms with Crippen molar-refractivity contribution in [3.63, 3.8) is 0 Å². The van der Waals surface area contributed by atoms with Crippen LogP contribution in [0.25, 0.3) is 0 Å². The van der Waals surface area contributed by atoms with Crippen LogP contribution >= 0.6 is 0 Å². The maximum absolute atomic E-state index is 11.5. The molecular weight excluding hydrogens is 202 g/mol. The lowest BCUT2D eigenvalue weighted by molar-refractivity contribution is -0.124. The second-order valence-corrected chi connectivity index (χ2v) is 4.09. The minimum absolute atomic E-state index is 0.0745. The summed E-state index contributed by atoms with van der Waals surface area (Å²) in [6.07, 6.45) is 3.25. The average Bonchev–Trinajstić information content (AvgIpc) is 2.27. The third-order valence-electron chi connectivity index (χ3n) is 2.25. The van der Waals surface area contributed by atoms with Crippen LogP contribution in [-0.2, 0) is 22.4 Å². The maximum atomic E-state index is 11.5. The smallest absolute Gasteiger partial charge is 0.164 e. The van der Waals surface area contributed by atoms with Gasteiger partial charge in [0.1, 0.15) is 6.61 Å². The summed E-state index contributed by atoms with van der Waals surface area (Å²) in [6.45, 7) is 6.09. The zero-order chi connectivity index (χ0) is 12.0. The molecule has 3 nitrogen and oxygen atoms in total. The number of carbonyl (C=O) groups is 1. The topological polar surface area (TPSA) is 39.2 Å². The van der Waals surface area contributed by atoms with Crippen LogP contribution < -0.4 is 0 Å². The third-order valence-corrected chi connectivity index (χ3v) is 2.25. The fourth-order valence-corrected chi connectivity index (χ4v) is 1.28. The molecule has 0 fully saturated rings. The number of nitrogens with zero attached hydrogens (tertiary/aromatic N) is 1. The lowest BCUT2D eigenvalue weighted by Crippen LogP contribution is -2.15. The molecule has 0 aliphatic rings. The van der Waals surface area contributed by atoms with E-state index < -0.39 is 0 Å². The van der Waals surface area contributed by atoms with Crippen LogP contribution in [-0.4, -0.2) is 23.5 Å². The fourth-order valence-electron chi connectivity index (χ4n) is 1.28. The second-order valence-electron chi connectivity index (χ2n) is 4.09. The highest BCUT2D eigenvalue weighted by Crippen LogP contribution is 2.02. The first-order valence-corrected chi connectivity index (χ1v) is 5.69. The van der Waals surface area contributed by atoms with Crippen molar-refractivity contribution in [2.24, 2.45) is 0 Å². The molecule has 3 heteroatoms. The Labute approximate surface area is 96.8 Å². The molecule has 88 valence electrons. The number of hydrogen-bond acceptors (Lipinski definition) is 3. The summed E-state index contributed by atoms with van der Waals surface area (Å²) >= 11 is 0. The Bertz CT molecular complexity index is 330. The molecule has 1 aromatic heterocycles. The van der Waals surface area contributed by atoms with Crippen LogP contribution in [0.4, 0.5) is 0 Å². The summed E-state index contributed by atoms with van der Waals surface area (Å²) in [4.78, 5) is 15.7. The summed E-state index contributed by atoms with van der Waals surface area (Å²) in [6, 6.07) is 3.92. The predicted molar refractivity (Wildman–Crippen MR) is 63.4 cm³/mol. The summed E-state index contributed by atoms with van der Waals surface area (Å²) in [7, 11) is 0. The molecule has 16 heavy (non-hydrogen) atoms. The average molecular weight is 221 g/mol. The van der Waals surface area contributed by atoms with Crippen molar-refractivity contribution in [1.82, 2.24) is 4.98 Å². The first-order chi connectivity index (χ1) is 7.61. The molecule has 0 aromatic carbocycles. The van der Waals surface area contributed by atoms with Gasteiger partial charge in [0.15, 0.2) is 5.78 Å². The Hall–Kier alpha value is -1.22. The van der Waals surface area contributed by atoms with Crippen LogP contribution in [0.2, 0.25) is 0 Å². The zero-order valence-electron chi connectivity index (χ0n) is 10.2. The number of carbonyl (C=O) groups excluding carboxylic acids is 1. The number of rotatable bonds is 6. The van der Waals surface area contributed by atoms with E-state index in [2.05, 4.69) is 11.9 Å². The fraction of sp³-hybridized carbons (Fsp3) is 0.538. The van der Waals surface area contributed by atoms with Crippen molar-refractivity contribution >= 4 is 5.78 Å². The van der Waals surface area contributed by atoms with E-state index in [9.17, 15) is 4.79 Å². The summed E-state index contributed by atoms with van der Waals surface area (Å²) in [5.74, 6) is 0.0745. The highest BCUT2D eigenvalue weighted by atomic mass is 16.5. The summed E-state index contributed by atoms with van der Waals surface area (Å²) in [5, 5.41) is 0. The van der Waals surface area contributed by atoms with E-state index in [1.54, 1.807) is 0 Å². The van der Waals surface area contributed by atoms with Gasteiger partial charge in [-0.25, -0.2) is 0 Å². The number of hydrogen-bond donors (Lipinski definition) is 0. The Morgan fingerprint density at radius 3 is 2.69 bits per heavy atom. The van der Waals surface area contributed by atoms with Gasteiger partial charge < -0.3 is 4.74 Å². The Morgan fingerprint density at radius 1 is 1.44 bits per heavy atom. The highest BCUT2D eigenvalue weighted by molar-refractivity contribution is 5.81. The molecule has 1 aromatic rings. The molecular formula is C13H19NO2. The lowest BCUT2D eigenvalue weighted by atomic mass is 10.1. The van der Waals surface area contributed by atoms with Crippen molar-refractivity contribution in [2.75, 3.05) is 6.61 Å². The van der Waals surface area contributed by atoms with Crippen molar-refractivity contribution in [2.45, 2.75) is 39.7 Å². The summed E-state index contributed by atoms with van der Waals surface area (Å²) in [5.41, 5.74) is 2.00. The molecule has 0 amide bonds. The Morgan fingerprint density at radius 2 is 2.19 bits per heavy atom. The van der Waals surface area contributed by atoms with E-state index in [0.29, 0.717) is 6.42 Å². The molecule has 0 radical (unpaired) electrons. The predicted octanol–water partition coefficient (Wildman–Crippen LogP) is 2.18. The van der Waals surface area contributed by atoms with Gasteiger partial charge >= 0.3 is 0 Å². The quantitative estimate of drug-likeness (QED) is 0.739. The minimum atomic E-state index is 0.0745. The van der Waals surface area contributed by atoms with Crippen LogP contribution in [0, 0.1) is 0 Å². The first-order valence-electron chi connectivity index (χ1n) is 5.69. The van der Waals surface area contributed by atoms with Gasteiger partial charge in [-0.05, 0) is 31.9 Å². The van der Waals surface area contributed by atoms with Gasteiger partial charge in [0.2, 0.25) is 0 Å². The largest absolute Gasteiger partial charge is 0.371 e. The van der Waals surface area contributed by atoms with E-state index >= 15 is 0 Å². The molecule has 0 saturated carbocycles. The number of aromatic nitrogens is 1. The Balaban J connectivity index is 2.43. The molecule has 1 heterocycles. The first kappa shape index (κ1) is 12.8. The molecule has 0 N–H and O–H groups in total. The molecule has 0 saturated heterocycles. The lowest BCUT2D eigenvalue weighted by Gasteiger charge is -2.06. The third kappa shape index (κ3) is 4.53. The number of pyridine rings is 1. The normalized spacial score (nSPS) is 10.8. The van der Waals surface area contributed by atoms with Crippen molar-refractivity contribution in [1.29, 1.82) is 0 Å². The van der Waals surface area contributed by atoms with E-state index in [-0.39, 0.29) is 18.5 Å². The standard InChI is InChI=1S/C13H19NO2/c1-4-11-5-6-12(14-8-11)7-13(15)9-16-10(2)3/h5-6,8,10H,4,7,9H2,1-3H3. The number of aryl methyl sites for hydroxylation is 1. The number of Topliss-reactive ketones (excluding diaryl/α,β-unsaturated/α-hetero) is 1. The number of ether oxygens (including phenoxy) is 1. The van der Waals surface area contributed by atoms with Crippen molar-refractivity contribution in [3.05, 3.63) is 29.6 Å². The van der Waals surface area contributed by atoms with Crippen molar-refractivity contribution < 1.29 is 9.53 Å². The van der Waals surface area contributed by atoms with Crippen LogP contribution in [0.5, 0.6) is 0 Å².